The minimum absolute atomic E-state index is 0.0976. The minimum atomic E-state index is 0.0976. The Hall–Kier alpha value is -1.61. The van der Waals surface area contributed by atoms with E-state index < -0.39 is 0 Å². The van der Waals surface area contributed by atoms with Crippen LogP contribution in [0.4, 0.5) is 0 Å². The number of hydrogen-bond donors (Lipinski definition) is 1. The fourth-order valence-corrected chi connectivity index (χ4v) is 2.34. The molecule has 2 aromatic rings. The Morgan fingerprint density at radius 1 is 1.16 bits per heavy atom. The first-order valence-corrected chi connectivity index (χ1v) is 6.98. The molecule has 19 heavy (non-hydrogen) atoms. The number of unbranched alkanes of at least 4 members (excludes halogenated alkanes) is 1. The number of aryl methyl sites for hydroxylation is 1. The molecule has 0 aliphatic carbocycles. The predicted molar refractivity (Wildman–Crippen MR) is 80.6 cm³/mol. The van der Waals surface area contributed by atoms with E-state index in [1.54, 1.807) is 6.07 Å². The van der Waals surface area contributed by atoms with Gasteiger partial charge in [0.1, 0.15) is 0 Å². The number of benzene rings is 1. The predicted octanol–water partition coefficient (Wildman–Crippen LogP) is 2.78. The fraction of sp³-hybridized carbons (Fsp3) is 0.438. The molecule has 0 saturated carbocycles. The molecule has 0 spiro atoms. The van der Waals surface area contributed by atoms with Crippen molar-refractivity contribution in [2.75, 3.05) is 7.05 Å². The van der Waals surface area contributed by atoms with Crippen LogP contribution in [0, 0.1) is 0 Å². The smallest absolute Gasteiger partial charge is 0.251 e. The Balaban J connectivity index is 2.08. The quantitative estimate of drug-likeness (QED) is 0.808. The molecule has 1 atom stereocenters. The van der Waals surface area contributed by atoms with Crippen LogP contribution >= 0.6 is 0 Å². The summed E-state index contributed by atoms with van der Waals surface area (Å²) in [4.78, 5) is 12.0. The van der Waals surface area contributed by atoms with Gasteiger partial charge < -0.3 is 9.88 Å². The van der Waals surface area contributed by atoms with E-state index in [4.69, 9.17) is 0 Å². The van der Waals surface area contributed by atoms with Gasteiger partial charge >= 0.3 is 0 Å². The molecule has 102 valence electrons. The van der Waals surface area contributed by atoms with E-state index in [0.717, 1.165) is 36.7 Å². The van der Waals surface area contributed by atoms with Crippen LogP contribution in [-0.2, 0) is 6.54 Å². The third kappa shape index (κ3) is 3.44. The normalized spacial score (nSPS) is 12.7. The van der Waals surface area contributed by atoms with Gasteiger partial charge in [0.2, 0.25) is 0 Å². The van der Waals surface area contributed by atoms with Crippen molar-refractivity contribution in [3.05, 3.63) is 46.8 Å². The highest BCUT2D eigenvalue weighted by Crippen LogP contribution is 2.12. The molecule has 1 heterocycles. The van der Waals surface area contributed by atoms with Crippen molar-refractivity contribution >= 4 is 10.9 Å². The van der Waals surface area contributed by atoms with Gasteiger partial charge in [-0.1, -0.05) is 24.6 Å². The van der Waals surface area contributed by atoms with E-state index in [0.29, 0.717) is 6.04 Å². The van der Waals surface area contributed by atoms with Crippen molar-refractivity contribution < 1.29 is 0 Å². The summed E-state index contributed by atoms with van der Waals surface area (Å²) in [6.45, 7) is 2.99. The topological polar surface area (TPSA) is 34.0 Å². The van der Waals surface area contributed by atoms with Crippen LogP contribution in [0.3, 0.4) is 0 Å². The highest BCUT2D eigenvalue weighted by molar-refractivity contribution is 5.78. The number of nitrogens with one attached hydrogen (secondary N) is 1. The van der Waals surface area contributed by atoms with Gasteiger partial charge in [-0.3, -0.25) is 4.79 Å². The van der Waals surface area contributed by atoms with Crippen LogP contribution in [0.2, 0.25) is 0 Å². The molecule has 1 aromatic heterocycles. The molecule has 1 aromatic carbocycles. The van der Waals surface area contributed by atoms with E-state index in [1.165, 1.54) is 0 Å². The zero-order chi connectivity index (χ0) is 13.7. The van der Waals surface area contributed by atoms with Crippen LogP contribution in [0.25, 0.3) is 10.9 Å². The molecule has 1 unspecified atom stereocenters. The van der Waals surface area contributed by atoms with Gasteiger partial charge in [0, 0.05) is 18.7 Å². The third-order valence-electron chi connectivity index (χ3n) is 3.66. The van der Waals surface area contributed by atoms with Gasteiger partial charge in [-0.15, -0.1) is 0 Å². The number of fused-ring (bicyclic) bond motifs is 1. The average molecular weight is 258 g/mol. The SMILES string of the molecule is CNC(C)CCCCn1c(=O)ccc2ccccc21. The second-order valence-corrected chi connectivity index (χ2v) is 5.07. The molecule has 0 aliphatic heterocycles. The number of para-hydroxylation sites is 1. The number of hydrogen-bond acceptors (Lipinski definition) is 2. The Bertz CT molecular complexity index is 589. The molecule has 0 amide bonds. The first kappa shape index (κ1) is 13.8. The maximum Gasteiger partial charge on any atom is 0.251 e. The molecular weight excluding hydrogens is 236 g/mol. The molecule has 3 heteroatoms. The summed E-state index contributed by atoms with van der Waals surface area (Å²) in [6, 6.07) is 12.2. The highest BCUT2D eigenvalue weighted by Gasteiger charge is 2.03. The van der Waals surface area contributed by atoms with Gasteiger partial charge in [0.25, 0.3) is 5.56 Å². The summed E-state index contributed by atoms with van der Waals surface area (Å²) in [5.41, 5.74) is 1.14. The third-order valence-corrected chi connectivity index (χ3v) is 3.66. The summed E-state index contributed by atoms with van der Waals surface area (Å²) in [6.07, 6.45) is 3.33. The molecule has 0 aliphatic rings. The van der Waals surface area contributed by atoms with Crippen LogP contribution < -0.4 is 10.9 Å². The van der Waals surface area contributed by atoms with Gasteiger partial charge in [-0.25, -0.2) is 0 Å². The monoisotopic (exact) mass is 258 g/mol. The minimum Gasteiger partial charge on any atom is -0.317 e. The molecule has 0 fully saturated rings. The van der Waals surface area contributed by atoms with Crippen molar-refractivity contribution in [1.29, 1.82) is 0 Å². The second kappa shape index (κ2) is 6.53. The average Bonchev–Trinajstić information content (AvgIpc) is 2.45. The van der Waals surface area contributed by atoms with E-state index in [-0.39, 0.29) is 5.56 Å². The van der Waals surface area contributed by atoms with Crippen LogP contribution in [0.15, 0.2) is 41.2 Å². The lowest BCUT2D eigenvalue weighted by atomic mass is 10.1. The van der Waals surface area contributed by atoms with Gasteiger partial charge in [-0.2, -0.15) is 0 Å². The van der Waals surface area contributed by atoms with Crippen molar-refractivity contribution in [3.63, 3.8) is 0 Å². The lowest BCUT2D eigenvalue weighted by Gasteiger charge is -2.12. The van der Waals surface area contributed by atoms with Crippen LogP contribution in [-0.4, -0.2) is 17.7 Å². The largest absolute Gasteiger partial charge is 0.317 e. The molecule has 1 N–H and O–H groups in total. The number of aromatic nitrogens is 1. The molecule has 3 nitrogen and oxygen atoms in total. The van der Waals surface area contributed by atoms with Crippen LogP contribution in [0.1, 0.15) is 26.2 Å². The highest BCUT2D eigenvalue weighted by atomic mass is 16.1. The second-order valence-electron chi connectivity index (χ2n) is 5.07. The summed E-state index contributed by atoms with van der Waals surface area (Å²) in [5.74, 6) is 0. The van der Waals surface area contributed by atoms with E-state index in [2.05, 4.69) is 12.2 Å². The first-order valence-electron chi connectivity index (χ1n) is 6.98. The Morgan fingerprint density at radius 3 is 2.74 bits per heavy atom. The van der Waals surface area contributed by atoms with E-state index in [9.17, 15) is 4.79 Å². The van der Waals surface area contributed by atoms with Crippen molar-refractivity contribution in [2.24, 2.45) is 0 Å². The Labute approximate surface area is 114 Å². The number of rotatable bonds is 6. The summed E-state index contributed by atoms with van der Waals surface area (Å²) >= 11 is 0. The first-order chi connectivity index (χ1) is 9.22. The van der Waals surface area contributed by atoms with Crippen molar-refractivity contribution in [2.45, 2.75) is 38.8 Å². The summed E-state index contributed by atoms with van der Waals surface area (Å²) in [7, 11) is 1.99. The van der Waals surface area contributed by atoms with E-state index in [1.807, 2.05) is 41.9 Å². The standard InChI is InChI=1S/C16H22N2O/c1-13(17-2)7-5-6-12-18-15-9-4-3-8-14(15)10-11-16(18)19/h3-4,8-11,13,17H,5-7,12H2,1-2H3. The number of pyridine rings is 1. The molecule has 2 rings (SSSR count). The number of nitrogens with zero attached hydrogens (tertiary/aromatic N) is 1. The molecular formula is C16H22N2O. The van der Waals surface area contributed by atoms with Crippen molar-refractivity contribution in [1.82, 2.24) is 9.88 Å². The Kier molecular flexibility index (Phi) is 4.74. The fourth-order valence-electron chi connectivity index (χ4n) is 2.34. The Morgan fingerprint density at radius 2 is 1.95 bits per heavy atom. The van der Waals surface area contributed by atoms with Crippen LogP contribution in [0.5, 0.6) is 0 Å². The maximum atomic E-state index is 12.0. The zero-order valence-electron chi connectivity index (χ0n) is 11.7. The van der Waals surface area contributed by atoms with Gasteiger partial charge in [-0.05, 0) is 44.3 Å². The molecule has 0 bridgehead atoms. The lowest BCUT2D eigenvalue weighted by molar-refractivity contribution is 0.505. The summed E-state index contributed by atoms with van der Waals surface area (Å²) in [5, 5.41) is 4.37. The van der Waals surface area contributed by atoms with Gasteiger partial charge in [0.05, 0.1) is 5.52 Å². The zero-order valence-corrected chi connectivity index (χ0v) is 11.7. The van der Waals surface area contributed by atoms with Gasteiger partial charge in [0.15, 0.2) is 0 Å². The summed E-state index contributed by atoms with van der Waals surface area (Å²) < 4.78 is 1.89. The van der Waals surface area contributed by atoms with E-state index >= 15 is 0 Å². The van der Waals surface area contributed by atoms with Crippen molar-refractivity contribution in [3.8, 4) is 0 Å². The molecule has 0 radical (unpaired) electrons. The molecule has 0 saturated heterocycles. The maximum absolute atomic E-state index is 12.0. The lowest BCUT2D eigenvalue weighted by Crippen LogP contribution is -2.22.